The Morgan fingerprint density at radius 1 is 1.42 bits per heavy atom. The van der Waals surface area contributed by atoms with Crippen molar-refractivity contribution in [3.8, 4) is 5.75 Å². The SMILES string of the molecule is O=C(CC1(O)CCC1)N1Cc2[nH]nc(COc3cccnc3)c2C1. The minimum Gasteiger partial charge on any atom is -0.486 e. The fourth-order valence-corrected chi connectivity index (χ4v) is 3.23. The number of nitrogens with zero attached hydrogens (tertiary/aromatic N) is 3. The van der Waals surface area contributed by atoms with E-state index in [0.717, 1.165) is 36.2 Å². The number of H-pyrrole nitrogens is 1. The molecule has 1 aliphatic heterocycles. The number of rotatable bonds is 5. The Hall–Kier alpha value is -2.41. The van der Waals surface area contributed by atoms with Crippen LogP contribution in [0, 0.1) is 0 Å². The van der Waals surface area contributed by atoms with Crippen LogP contribution in [0.3, 0.4) is 0 Å². The zero-order chi connectivity index (χ0) is 16.6. The Labute approximate surface area is 139 Å². The molecular formula is C17H20N4O3. The second-order valence-electron chi connectivity index (χ2n) is 6.61. The molecule has 1 aliphatic carbocycles. The highest BCUT2D eigenvalue weighted by atomic mass is 16.5. The van der Waals surface area contributed by atoms with Gasteiger partial charge >= 0.3 is 0 Å². The summed E-state index contributed by atoms with van der Waals surface area (Å²) in [6, 6.07) is 3.66. The van der Waals surface area contributed by atoms with E-state index >= 15 is 0 Å². The van der Waals surface area contributed by atoms with E-state index in [1.807, 2.05) is 12.1 Å². The van der Waals surface area contributed by atoms with Gasteiger partial charge in [-0.05, 0) is 31.4 Å². The highest BCUT2D eigenvalue weighted by Crippen LogP contribution is 2.36. The number of nitrogens with one attached hydrogen (secondary N) is 1. The molecule has 1 saturated carbocycles. The van der Waals surface area contributed by atoms with E-state index in [1.54, 1.807) is 17.3 Å². The first kappa shape index (κ1) is 15.1. The fourth-order valence-electron chi connectivity index (χ4n) is 3.23. The quantitative estimate of drug-likeness (QED) is 0.868. The molecule has 24 heavy (non-hydrogen) atoms. The summed E-state index contributed by atoms with van der Waals surface area (Å²) in [6.07, 6.45) is 6.02. The number of hydrogen-bond acceptors (Lipinski definition) is 5. The Morgan fingerprint density at radius 2 is 2.29 bits per heavy atom. The number of aromatic nitrogens is 3. The highest BCUT2D eigenvalue weighted by Gasteiger charge is 2.39. The molecule has 7 heteroatoms. The second-order valence-corrected chi connectivity index (χ2v) is 6.61. The van der Waals surface area contributed by atoms with Crippen LogP contribution in [-0.4, -0.2) is 36.7 Å². The topological polar surface area (TPSA) is 91.3 Å². The van der Waals surface area contributed by atoms with Crippen molar-refractivity contribution in [2.24, 2.45) is 0 Å². The van der Waals surface area contributed by atoms with Crippen molar-refractivity contribution in [3.63, 3.8) is 0 Å². The van der Waals surface area contributed by atoms with Crippen molar-refractivity contribution in [3.05, 3.63) is 41.5 Å². The van der Waals surface area contributed by atoms with Crippen molar-refractivity contribution >= 4 is 5.91 Å². The minimum absolute atomic E-state index is 0.000859. The van der Waals surface area contributed by atoms with Crippen LogP contribution >= 0.6 is 0 Å². The number of fused-ring (bicyclic) bond motifs is 1. The molecule has 126 valence electrons. The van der Waals surface area contributed by atoms with Gasteiger partial charge in [-0.1, -0.05) is 0 Å². The zero-order valence-electron chi connectivity index (χ0n) is 13.4. The molecule has 4 rings (SSSR count). The van der Waals surface area contributed by atoms with Gasteiger partial charge in [-0.3, -0.25) is 14.9 Å². The first-order valence-corrected chi connectivity index (χ1v) is 8.21. The summed E-state index contributed by atoms with van der Waals surface area (Å²) in [4.78, 5) is 18.2. The van der Waals surface area contributed by atoms with E-state index in [-0.39, 0.29) is 12.3 Å². The lowest BCUT2D eigenvalue weighted by molar-refractivity contribution is -0.141. The summed E-state index contributed by atoms with van der Waals surface area (Å²) < 4.78 is 5.69. The molecule has 2 aromatic rings. The van der Waals surface area contributed by atoms with Crippen molar-refractivity contribution in [1.29, 1.82) is 0 Å². The maximum atomic E-state index is 12.4. The number of amides is 1. The molecule has 0 atom stereocenters. The third kappa shape index (κ3) is 2.87. The molecule has 0 saturated heterocycles. The van der Waals surface area contributed by atoms with Crippen molar-refractivity contribution < 1.29 is 14.6 Å². The fraction of sp³-hybridized carbons (Fsp3) is 0.471. The average Bonchev–Trinajstić information content (AvgIpc) is 3.13. The van der Waals surface area contributed by atoms with E-state index in [9.17, 15) is 9.90 Å². The van der Waals surface area contributed by atoms with E-state index < -0.39 is 5.60 Å². The second kappa shape index (κ2) is 5.90. The molecule has 0 radical (unpaired) electrons. The lowest BCUT2D eigenvalue weighted by atomic mass is 9.77. The Morgan fingerprint density at radius 3 is 3.00 bits per heavy atom. The smallest absolute Gasteiger partial charge is 0.226 e. The summed E-state index contributed by atoms with van der Waals surface area (Å²) >= 11 is 0. The van der Waals surface area contributed by atoms with Gasteiger partial charge in [0.15, 0.2) is 0 Å². The van der Waals surface area contributed by atoms with Crippen LogP contribution in [0.25, 0.3) is 0 Å². The zero-order valence-corrected chi connectivity index (χ0v) is 13.4. The number of ether oxygens (including phenoxy) is 1. The van der Waals surface area contributed by atoms with Crippen LogP contribution in [0.4, 0.5) is 0 Å². The van der Waals surface area contributed by atoms with Gasteiger partial charge < -0.3 is 14.7 Å². The molecule has 0 spiro atoms. The number of carbonyl (C=O) groups excluding carboxylic acids is 1. The number of hydrogen-bond donors (Lipinski definition) is 2. The van der Waals surface area contributed by atoms with Crippen LogP contribution in [0.5, 0.6) is 5.75 Å². The molecule has 0 bridgehead atoms. The lowest BCUT2D eigenvalue weighted by Crippen LogP contribution is -2.42. The standard InChI is InChI=1S/C17H20N4O3/c22-16(7-17(23)4-2-5-17)21-9-13-14(10-21)19-20-15(13)11-24-12-3-1-6-18-8-12/h1,3,6,8,23H,2,4-5,7,9-11H2,(H,19,20). The van der Waals surface area contributed by atoms with E-state index in [0.29, 0.717) is 25.4 Å². The largest absolute Gasteiger partial charge is 0.486 e. The van der Waals surface area contributed by atoms with E-state index in [2.05, 4.69) is 15.2 Å². The Bertz CT molecular complexity index is 740. The van der Waals surface area contributed by atoms with E-state index in [4.69, 9.17) is 4.74 Å². The summed E-state index contributed by atoms with van der Waals surface area (Å²) in [7, 11) is 0. The molecule has 0 aromatic carbocycles. The van der Waals surface area contributed by atoms with Crippen molar-refractivity contribution in [2.45, 2.75) is 51.0 Å². The molecule has 3 heterocycles. The van der Waals surface area contributed by atoms with Gasteiger partial charge in [0.25, 0.3) is 0 Å². The number of carbonyl (C=O) groups is 1. The average molecular weight is 328 g/mol. The molecule has 2 aliphatic rings. The first-order valence-electron chi connectivity index (χ1n) is 8.21. The molecular weight excluding hydrogens is 308 g/mol. The highest BCUT2D eigenvalue weighted by molar-refractivity contribution is 5.78. The van der Waals surface area contributed by atoms with Crippen LogP contribution in [0.2, 0.25) is 0 Å². The molecule has 1 amide bonds. The van der Waals surface area contributed by atoms with E-state index in [1.165, 1.54) is 0 Å². The maximum absolute atomic E-state index is 12.4. The normalized spacial score (nSPS) is 18.1. The predicted octanol–water partition coefficient (Wildman–Crippen LogP) is 1.53. The third-order valence-electron chi connectivity index (χ3n) is 4.86. The number of pyridine rings is 1. The summed E-state index contributed by atoms with van der Waals surface area (Å²) in [5.74, 6) is 0.688. The first-order chi connectivity index (χ1) is 11.6. The predicted molar refractivity (Wildman–Crippen MR) is 84.8 cm³/mol. The van der Waals surface area contributed by atoms with Gasteiger partial charge in [-0.25, -0.2) is 0 Å². The van der Waals surface area contributed by atoms with Crippen LogP contribution in [0.1, 0.15) is 42.6 Å². The van der Waals surface area contributed by atoms with Gasteiger partial charge in [0.05, 0.1) is 30.5 Å². The number of aromatic amines is 1. The summed E-state index contributed by atoms with van der Waals surface area (Å²) in [6.45, 7) is 1.38. The molecule has 7 nitrogen and oxygen atoms in total. The number of aliphatic hydroxyl groups is 1. The molecule has 2 N–H and O–H groups in total. The monoisotopic (exact) mass is 328 g/mol. The molecule has 1 fully saturated rings. The van der Waals surface area contributed by atoms with Crippen molar-refractivity contribution in [2.75, 3.05) is 0 Å². The van der Waals surface area contributed by atoms with Crippen LogP contribution in [0.15, 0.2) is 24.5 Å². The minimum atomic E-state index is -0.780. The Balaban J connectivity index is 1.38. The van der Waals surface area contributed by atoms with Gasteiger partial charge in [0.2, 0.25) is 5.91 Å². The van der Waals surface area contributed by atoms with Gasteiger partial charge in [-0.2, -0.15) is 5.10 Å². The van der Waals surface area contributed by atoms with Gasteiger partial charge in [-0.15, -0.1) is 0 Å². The Kier molecular flexibility index (Phi) is 3.72. The molecule has 2 aromatic heterocycles. The molecule has 0 unspecified atom stereocenters. The lowest BCUT2D eigenvalue weighted by Gasteiger charge is -2.37. The van der Waals surface area contributed by atoms with Crippen LogP contribution in [-0.2, 0) is 24.5 Å². The van der Waals surface area contributed by atoms with Gasteiger partial charge in [0, 0.05) is 18.3 Å². The van der Waals surface area contributed by atoms with Crippen LogP contribution < -0.4 is 4.74 Å². The summed E-state index contributed by atoms with van der Waals surface area (Å²) in [5.41, 5.74) is 2.01. The summed E-state index contributed by atoms with van der Waals surface area (Å²) in [5, 5.41) is 17.5. The van der Waals surface area contributed by atoms with Crippen molar-refractivity contribution in [1.82, 2.24) is 20.1 Å². The maximum Gasteiger partial charge on any atom is 0.226 e. The third-order valence-corrected chi connectivity index (χ3v) is 4.86. The van der Waals surface area contributed by atoms with Gasteiger partial charge in [0.1, 0.15) is 18.1 Å².